The van der Waals surface area contributed by atoms with Crippen molar-refractivity contribution in [2.45, 2.75) is 38.0 Å². The number of carbonyl (C=O) groups is 1. The van der Waals surface area contributed by atoms with Crippen LogP contribution in [0.3, 0.4) is 0 Å². The molecule has 1 saturated heterocycles. The number of aromatic nitrogens is 3. The van der Waals surface area contributed by atoms with E-state index in [1.807, 2.05) is 23.1 Å². The van der Waals surface area contributed by atoms with Crippen LogP contribution in [0.2, 0.25) is 0 Å². The summed E-state index contributed by atoms with van der Waals surface area (Å²) in [6.45, 7) is 1.49. The smallest absolute Gasteiger partial charge is 0.222 e. The molecular formula is C24H26FN5O. The summed E-state index contributed by atoms with van der Waals surface area (Å²) >= 11 is 0. The van der Waals surface area contributed by atoms with E-state index >= 15 is 0 Å². The topological polar surface area (TPSA) is 71.0 Å². The third-order valence-corrected chi connectivity index (χ3v) is 5.55. The van der Waals surface area contributed by atoms with E-state index in [4.69, 9.17) is 4.98 Å². The van der Waals surface area contributed by atoms with Gasteiger partial charge in [0.05, 0.1) is 6.20 Å². The molecule has 1 aromatic carbocycles. The molecule has 0 spiro atoms. The first-order valence-corrected chi connectivity index (χ1v) is 10.7. The van der Waals surface area contributed by atoms with Crippen LogP contribution >= 0.6 is 0 Å². The number of anilines is 2. The van der Waals surface area contributed by atoms with Crippen LogP contribution in [0.4, 0.5) is 16.0 Å². The van der Waals surface area contributed by atoms with Crippen LogP contribution in [-0.4, -0.2) is 38.8 Å². The van der Waals surface area contributed by atoms with Gasteiger partial charge in [0.2, 0.25) is 5.91 Å². The largest absolute Gasteiger partial charge is 0.342 e. The number of pyridine rings is 1. The number of rotatable bonds is 7. The minimum absolute atomic E-state index is 0.181. The summed E-state index contributed by atoms with van der Waals surface area (Å²) < 4.78 is 13.0. The average Bonchev–Trinajstić information content (AvgIpc) is 2.81. The van der Waals surface area contributed by atoms with E-state index in [9.17, 15) is 9.18 Å². The van der Waals surface area contributed by atoms with Crippen molar-refractivity contribution in [2.24, 2.45) is 0 Å². The molecule has 1 amide bonds. The van der Waals surface area contributed by atoms with Gasteiger partial charge in [-0.1, -0.05) is 18.2 Å². The number of benzene rings is 1. The van der Waals surface area contributed by atoms with Crippen LogP contribution in [0.1, 0.15) is 42.9 Å². The number of likely N-dealkylation sites (tertiary alicyclic amines) is 1. The van der Waals surface area contributed by atoms with Gasteiger partial charge in [0.25, 0.3) is 0 Å². The minimum atomic E-state index is -0.233. The normalized spacial score (nSPS) is 16.2. The fourth-order valence-electron chi connectivity index (χ4n) is 3.94. The molecule has 7 heteroatoms. The van der Waals surface area contributed by atoms with Crippen molar-refractivity contribution < 1.29 is 9.18 Å². The Balaban J connectivity index is 1.32. The lowest BCUT2D eigenvalue weighted by atomic mass is 9.94. The molecule has 0 unspecified atom stereocenters. The Bertz CT molecular complexity index is 996. The molecule has 1 fully saturated rings. The number of hydrogen-bond acceptors (Lipinski definition) is 5. The standard InChI is InChI=1S/C24H26FN5O/c25-20-11-9-18(10-12-20)4-1-8-24(31)30-15-3-5-19(17-30)21-6-2-7-22(28-21)29-23-16-26-13-14-27-23/h2,6-7,9-14,16,19H,1,3-5,8,15,17H2,(H,27,28,29)/t19-/m1/s1. The predicted molar refractivity (Wildman–Crippen MR) is 117 cm³/mol. The van der Waals surface area contributed by atoms with Crippen LogP contribution in [-0.2, 0) is 11.2 Å². The lowest BCUT2D eigenvalue weighted by Gasteiger charge is -2.32. The Labute approximate surface area is 181 Å². The van der Waals surface area contributed by atoms with Gasteiger partial charge in [-0.05, 0) is 55.5 Å². The van der Waals surface area contributed by atoms with Gasteiger partial charge in [0, 0.05) is 43.5 Å². The SMILES string of the molecule is O=C(CCCc1ccc(F)cc1)N1CCC[C@@H](c2cccc(Nc3cnccn3)n2)C1. The number of halogens is 1. The summed E-state index contributed by atoms with van der Waals surface area (Å²) in [5.41, 5.74) is 2.04. The van der Waals surface area contributed by atoms with E-state index in [1.165, 1.54) is 12.1 Å². The zero-order valence-corrected chi connectivity index (χ0v) is 17.4. The molecule has 1 aliphatic rings. The highest BCUT2D eigenvalue weighted by molar-refractivity contribution is 5.76. The quantitative estimate of drug-likeness (QED) is 0.611. The molecule has 6 nitrogen and oxygen atoms in total. The van der Waals surface area contributed by atoms with Crippen LogP contribution in [0.25, 0.3) is 0 Å². The molecule has 3 heterocycles. The van der Waals surface area contributed by atoms with Gasteiger partial charge in [0.15, 0.2) is 0 Å². The van der Waals surface area contributed by atoms with E-state index in [1.54, 1.807) is 30.7 Å². The van der Waals surface area contributed by atoms with E-state index < -0.39 is 0 Å². The molecule has 4 rings (SSSR count). The molecule has 0 bridgehead atoms. The number of aryl methyl sites for hydroxylation is 1. The Morgan fingerprint density at radius 3 is 2.81 bits per heavy atom. The lowest BCUT2D eigenvalue weighted by molar-refractivity contribution is -0.132. The predicted octanol–water partition coefficient (Wildman–Crippen LogP) is 4.48. The maximum absolute atomic E-state index is 13.0. The van der Waals surface area contributed by atoms with Crippen molar-refractivity contribution in [3.8, 4) is 0 Å². The van der Waals surface area contributed by atoms with Gasteiger partial charge in [0.1, 0.15) is 17.5 Å². The summed E-state index contributed by atoms with van der Waals surface area (Å²) in [5, 5.41) is 3.18. The first-order valence-electron chi connectivity index (χ1n) is 10.7. The van der Waals surface area contributed by atoms with Crippen molar-refractivity contribution in [3.63, 3.8) is 0 Å². The van der Waals surface area contributed by atoms with Gasteiger partial charge in [-0.25, -0.2) is 14.4 Å². The minimum Gasteiger partial charge on any atom is -0.342 e. The monoisotopic (exact) mass is 419 g/mol. The van der Waals surface area contributed by atoms with E-state index in [0.717, 1.165) is 49.3 Å². The van der Waals surface area contributed by atoms with Crippen LogP contribution < -0.4 is 5.32 Å². The zero-order chi connectivity index (χ0) is 21.5. The molecule has 1 atom stereocenters. The zero-order valence-electron chi connectivity index (χ0n) is 17.4. The maximum atomic E-state index is 13.0. The molecule has 160 valence electrons. The maximum Gasteiger partial charge on any atom is 0.222 e. The Hall–Kier alpha value is -3.35. The van der Waals surface area contributed by atoms with E-state index in [0.29, 0.717) is 18.8 Å². The van der Waals surface area contributed by atoms with Crippen molar-refractivity contribution >= 4 is 17.5 Å². The number of carbonyl (C=O) groups excluding carboxylic acids is 1. The second kappa shape index (κ2) is 10.1. The number of hydrogen-bond donors (Lipinski definition) is 1. The van der Waals surface area contributed by atoms with Crippen molar-refractivity contribution in [2.75, 3.05) is 18.4 Å². The molecule has 0 aliphatic carbocycles. The molecular weight excluding hydrogens is 393 g/mol. The van der Waals surface area contributed by atoms with Gasteiger partial charge in [-0.3, -0.25) is 9.78 Å². The fraction of sp³-hybridized carbons (Fsp3) is 0.333. The lowest BCUT2D eigenvalue weighted by Crippen LogP contribution is -2.39. The van der Waals surface area contributed by atoms with Crippen molar-refractivity contribution in [1.29, 1.82) is 0 Å². The van der Waals surface area contributed by atoms with Crippen LogP contribution in [0.15, 0.2) is 61.1 Å². The second-order valence-electron chi connectivity index (χ2n) is 7.82. The summed E-state index contributed by atoms with van der Waals surface area (Å²) in [5.74, 6) is 1.54. The molecule has 3 aromatic rings. The van der Waals surface area contributed by atoms with Gasteiger partial charge >= 0.3 is 0 Å². The number of nitrogens with one attached hydrogen (secondary N) is 1. The highest BCUT2D eigenvalue weighted by Gasteiger charge is 2.25. The molecule has 1 N–H and O–H groups in total. The first kappa shape index (κ1) is 20.9. The summed E-state index contributed by atoms with van der Waals surface area (Å²) in [4.78, 5) is 27.7. The third kappa shape index (κ3) is 5.84. The summed E-state index contributed by atoms with van der Waals surface area (Å²) in [6.07, 6.45) is 8.95. The van der Waals surface area contributed by atoms with Gasteiger partial charge in [-0.15, -0.1) is 0 Å². The van der Waals surface area contributed by atoms with Gasteiger partial charge < -0.3 is 10.2 Å². The first-order chi connectivity index (χ1) is 15.2. The van der Waals surface area contributed by atoms with Crippen molar-refractivity contribution in [3.05, 3.63) is 78.1 Å². The third-order valence-electron chi connectivity index (χ3n) is 5.55. The van der Waals surface area contributed by atoms with E-state index in [2.05, 4.69) is 15.3 Å². The van der Waals surface area contributed by atoms with Gasteiger partial charge in [-0.2, -0.15) is 0 Å². The van der Waals surface area contributed by atoms with E-state index in [-0.39, 0.29) is 17.6 Å². The number of nitrogens with zero attached hydrogens (tertiary/aromatic N) is 4. The highest BCUT2D eigenvalue weighted by Crippen LogP contribution is 2.27. The molecule has 2 aromatic heterocycles. The molecule has 0 radical (unpaired) electrons. The fourth-order valence-corrected chi connectivity index (χ4v) is 3.94. The Morgan fingerprint density at radius 2 is 2.00 bits per heavy atom. The number of amides is 1. The Kier molecular flexibility index (Phi) is 6.82. The highest BCUT2D eigenvalue weighted by atomic mass is 19.1. The molecule has 0 saturated carbocycles. The van der Waals surface area contributed by atoms with Crippen LogP contribution in [0.5, 0.6) is 0 Å². The number of piperidine rings is 1. The second-order valence-corrected chi connectivity index (χ2v) is 7.82. The molecule has 31 heavy (non-hydrogen) atoms. The summed E-state index contributed by atoms with van der Waals surface area (Å²) in [7, 11) is 0. The Morgan fingerprint density at radius 1 is 1.13 bits per heavy atom. The average molecular weight is 420 g/mol. The molecule has 1 aliphatic heterocycles. The van der Waals surface area contributed by atoms with Crippen molar-refractivity contribution in [1.82, 2.24) is 19.9 Å². The summed E-state index contributed by atoms with van der Waals surface area (Å²) in [6, 6.07) is 12.4. The van der Waals surface area contributed by atoms with Crippen LogP contribution in [0, 0.1) is 5.82 Å².